The van der Waals surface area contributed by atoms with Crippen LogP contribution in [0.15, 0.2) is 47.3 Å². The van der Waals surface area contributed by atoms with Crippen LogP contribution >= 0.6 is 11.8 Å². The van der Waals surface area contributed by atoms with Crippen LogP contribution in [0, 0.1) is 0 Å². The molecular formula is C23H25F2N3O3S. The molecule has 1 unspecified atom stereocenters. The number of imidazole rings is 1. The van der Waals surface area contributed by atoms with Crippen molar-refractivity contribution in [3.63, 3.8) is 0 Å². The van der Waals surface area contributed by atoms with Crippen molar-refractivity contribution >= 4 is 28.7 Å². The predicted octanol–water partition coefficient (Wildman–Crippen LogP) is 4.60. The summed E-state index contributed by atoms with van der Waals surface area (Å²) in [6, 6.07) is 11.0. The summed E-state index contributed by atoms with van der Waals surface area (Å²) < 4.78 is 32.9. The number of aromatic nitrogens is 2. The van der Waals surface area contributed by atoms with E-state index < -0.39 is 6.61 Å². The number of alkyl halides is 2. The van der Waals surface area contributed by atoms with Gasteiger partial charge in [-0.05, 0) is 63.3 Å². The molecule has 1 aliphatic rings. The number of halogens is 2. The molecule has 2 heterocycles. The summed E-state index contributed by atoms with van der Waals surface area (Å²) in [6.45, 7) is 2.84. The minimum Gasteiger partial charge on any atom is -0.435 e. The first-order valence-corrected chi connectivity index (χ1v) is 11.6. The van der Waals surface area contributed by atoms with Gasteiger partial charge in [-0.2, -0.15) is 20.5 Å². The summed E-state index contributed by atoms with van der Waals surface area (Å²) in [5.41, 5.74) is 1.50. The van der Waals surface area contributed by atoms with Crippen molar-refractivity contribution in [2.75, 3.05) is 11.5 Å². The fourth-order valence-electron chi connectivity index (χ4n) is 4.02. The molecule has 6 nitrogen and oxygen atoms in total. The Hall–Kier alpha value is -2.81. The zero-order chi connectivity index (χ0) is 23.0. The third-order valence-corrected chi connectivity index (χ3v) is 6.92. The van der Waals surface area contributed by atoms with E-state index in [1.165, 1.54) is 16.7 Å². The summed E-state index contributed by atoms with van der Waals surface area (Å²) in [4.78, 5) is 26.2. The van der Waals surface area contributed by atoms with Crippen molar-refractivity contribution in [2.24, 2.45) is 0 Å². The number of hydrogen-bond donors (Lipinski definition) is 1. The number of benzene rings is 2. The Morgan fingerprint density at radius 1 is 1.19 bits per heavy atom. The lowest BCUT2D eigenvalue weighted by Gasteiger charge is -2.24. The molecule has 1 saturated heterocycles. The predicted molar refractivity (Wildman–Crippen MR) is 122 cm³/mol. The molecule has 1 aromatic heterocycles. The van der Waals surface area contributed by atoms with Gasteiger partial charge in [-0.25, -0.2) is 4.79 Å². The molecule has 0 radical (unpaired) electrons. The highest BCUT2D eigenvalue weighted by atomic mass is 32.2. The maximum Gasteiger partial charge on any atom is 0.387 e. The number of rotatable bonds is 6. The highest BCUT2D eigenvalue weighted by Crippen LogP contribution is 2.28. The smallest absolute Gasteiger partial charge is 0.387 e. The van der Waals surface area contributed by atoms with Crippen molar-refractivity contribution in [1.82, 2.24) is 14.5 Å². The maximum atomic E-state index is 13.3. The van der Waals surface area contributed by atoms with Gasteiger partial charge in [0.15, 0.2) is 0 Å². The van der Waals surface area contributed by atoms with Crippen LogP contribution in [0.1, 0.15) is 43.6 Å². The van der Waals surface area contributed by atoms with Crippen LogP contribution in [0.25, 0.3) is 16.7 Å². The van der Waals surface area contributed by atoms with Gasteiger partial charge >= 0.3 is 12.3 Å². The number of hydrogen-bond acceptors (Lipinski definition) is 4. The Bertz CT molecular complexity index is 1210. The first-order chi connectivity index (χ1) is 15.2. The van der Waals surface area contributed by atoms with Crippen molar-refractivity contribution < 1.29 is 18.3 Å². The van der Waals surface area contributed by atoms with Gasteiger partial charge in [-0.3, -0.25) is 13.9 Å². The Labute approximate surface area is 188 Å². The van der Waals surface area contributed by atoms with E-state index in [9.17, 15) is 18.4 Å². The van der Waals surface area contributed by atoms with Crippen LogP contribution in [0.2, 0.25) is 0 Å². The molecule has 1 N–H and O–H groups in total. The van der Waals surface area contributed by atoms with E-state index >= 15 is 0 Å². The molecule has 3 aromatic rings. The second kappa shape index (κ2) is 8.61. The van der Waals surface area contributed by atoms with Crippen LogP contribution in [-0.4, -0.2) is 38.7 Å². The van der Waals surface area contributed by atoms with Crippen LogP contribution in [-0.2, 0) is 0 Å². The molecular weight excluding hydrogens is 436 g/mol. The molecule has 0 aliphatic carbocycles. The minimum absolute atomic E-state index is 0.0338. The molecule has 0 saturated carbocycles. The second-order valence-electron chi connectivity index (χ2n) is 8.48. The van der Waals surface area contributed by atoms with Gasteiger partial charge in [0.2, 0.25) is 0 Å². The van der Waals surface area contributed by atoms with Crippen LogP contribution in [0.5, 0.6) is 5.75 Å². The number of nitrogens with one attached hydrogen (secondary N) is 1. The maximum absolute atomic E-state index is 13.3. The zero-order valence-corrected chi connectivity index (χ0v) is 18.9. The Kier molecular flexibility index (Phi) is 6.03. The largest absolute Gasteiger partial charge is 0.435 e. The van der Waals surface area contributed by atoms with E-state index in [-0.39, 0.29) is 28.9 Å². The third kappa shape index (κ3) is 4.26. The second-order valence-corrected chi connectivity index (χ2v) is 9.58. The van der Waals surface area contributed by atoms with E-state index in [1.54, 1.807) is 34.9 Å². The molecule has 0 spiro atoms. The molecule has 1 atom stereocenters. The average molecular weight is 462 g/mol. The van der Waals surface area contributed by atoms with Gasteiger partial charge in [-0.1, -0.05) is 6.07 Å². The highest BCUT2D eigenvalue weighted by Gasteiger charge is 2.31. The monoisotopic (exact) mass is 461 g/mol. The molecule has 1 amide bonds. The van der Waals surface area contributed by atoms with E-state index in [2.05, 4.69) is 10.1 Å². The van der Waals surface area contributed by atoms with Gasteiger partial charge in [-0.15, -0.1) is 0 Å². The number of ether oxygens (including phenoxy) is 1. The van der Waals surface area contributed by atoms with Crippen LogP contribution in [0.4, 0.5) is 8.78 Å². The first-order valence-electron chi connectivity index (χ1n) is 10.4. The summed E-state index contributed by atoms with van der Waals surface area (Å²) in [5, 5.41) is 3.12. The quantitative estimate of drug-likeness (QED) is 0.583. The molecule has 4 rings (SSSR count). The molecule has 9 heteroatoms. The van der Waals surface area contributed by atoms with Gasteiger partial charge in [0.05, 0.1) is 16.7 Å². The Morgan fingerprint density at radius 3 is 2.62 bits per heavy atom. The van der Waals surface area contributed by atoms with Gasteiger partial charge in [0.1, 0.15) is 5.75 Å². The fourth-order valence-corrected chi connectivity index (χ4v) is 5.43. The van der Waals surface area contributed by atoms with Gasteiger partial charge in [0, 0.05) is 29.0 Å². The molecule has 2 aromatic carbocycles. The van der Waals surface area contributed by atoms with E-state index in [0.29, 0.717) is 22.3 Å². The number of carbonyl (C=O) groups excluding carboxylic acids is 1. The summed E-state index contributed by atoms with van der Waals surface area (Å²) >= 11 is 1.81. The van der Waals surface area contributed by atoms with Crippen molar-refractivity contribution in [3.8, 4) is 11.4 Å². The number of amides is 1. The van der Waals surface area contributed by atoms with Gasteiger partial charge in [0.25, 0.3) is 5.91 Å². The lowest BCUT2D eigenvalue weighted by molar-refractivity contribution is -0.0498. The lowest BCUT2D eigenvalue weighted by atomic mass is 10.0. The molecule has 1 aliphatic heterocycles. The third-order valence-electron chi connectivity index (χ3n) is 5.59. The minimum atomic E-state index is -2.96. The first kappa shape index (κ1) is 22.4. The molecule has 0 bridgehead atoms. The topological polar surface area (TPSA) is 65.3 Å². The van der Waals surface area contributed by atoms with E-state index in [4.69, 9.17) is 0 Å². The zero-order valence-electron chi connectivity index (χ0n) is 18.1. The Balaban J connectivity index is 1.80. The summed E-state index contributed by atoms with van der Waals surface area (Å²) in [6.07, 6.45) is 0.912. The molecule has 1 fully saturated rings. The summed E-state index contributed by atoms with van der Waals surface area (Å²) in [7, 11) is 0. The van der Waals surface area contributed by atoms with Crippen LogP contribution in [0.3, 0.4) is 0 Å². The Morgan fingerprint density at radius 2 is 1.97 bits per heavy atom. The lowest BCUT2D eigenvalue weighted by Crippen LogP contribution is -2.45. The van der Waals surface area contributed by atoms with Gasteiger partial charge < -0.3 is 10.1 Å². The summed E-state index contributed by atoms with van der Waals surface area (Å²) in [5.74, 6) is 1.67. The highest BCUT2D eigenvalue weighted by molar-refractivity contribution is 7.99. The fraction of sp³-hybridized carbons (Fsp3) is 0.391. The van der Waals surface area contributed by atoms with Crippen molar-refractivity contribution in [1.29, 1.82) is 0 Å². The number of thioether (sulfide) groups is 1. The number of carbonyl (C=O) groups is 1. The number of nitrogens with zero attached hydrogens (tertiary/aromatic N) is 2. The average Bonchev–Trinajstić information content (AvgIpc) is 3.27. The van der Waals surface area contributed by atoms with Crippen molar-refractivity contribution in [3.05, 3.63) is 58.5 Å². The SMILES string of the molecule is CC(C)n1c(=O)n(-c2cccc(OC(F)F)c2)c2ccc(C(=O)NC3(C)CCSC3)cc21. The van der Waals surface area contributed by atoms with E-state index in [1.807, 2.05) is 32.5 Å². The number of fused-ring (bicyclic) bond motifs is 1. The molecule has 32 heavy (non-hydrogen) atoms. The molecule has 170 valence electrons. The van der Waals surface area contributed by atoms with Crippen LogP contribution < -0.4 is 15.7 Å². The van der Waals surface area contributed by atoms with E-state index in [0.717, 1.165) is 17.9 Å². The standard InChI is InChI=1S/C23H25F2N3O3S/c1-14(2)27-19-11-15(20(29)26-23(3)9-10-32-13-23)7-8-18(19)28(22(27)30)16-5-4-6-17(12-16)31-21(24)25/h4-8,11-12,14,21H,9-10,13H2,1-3H3,(H,26,29). The van der Waals surface area contributed by atoms with Crippen molar-refractivity contribution in [2.45, 2.75) is 45.4 Å². The normalized spacial score (nSPS) is 18.6.